The van der Waals surface area contributed by atoms with E-state index < -0.39 is 0 Å². The van der Waals surface area contributed by atoms with Crippen LogP contribution < -0.4 is 0 Å². The number of rotatable bonds is 3. The zero-order chi connectivity index (χ0) is 11.4. The summed E-state index contributed by atoms with van der Waals surface area (Å²) >= 11 is 0. The highest BCUT2D eigenvalue weighted by Gasteiger charge is 2.05. The number of hydrogen-bond donors (Lipinski definition) is 0. The molecule has 80 valence electrons. The second kappa shape index (κ2) is 4.61. The van der Waals surface area contributed by atoms with E-state index in [-0.39, 0.29) is 0 Å². The summed E-state index contributed by atoms with van der Waals surface area (Å²) in [5.41, 5.74) is 2.55. The van der Waals surface area contributed by atoms with Crippen LogP contribution in [0.5, 0.6) is 0 Å². The van der Waals surface area contributed by atoms with E-state index in [4.69, 9.17) is 0 Å². The average Bonchev–Trinajstić information content (AvgIpc) is 2.39. The highest BCUT2D eigenvalue weighted by Crippen LogP contribution is 2.18. The average molecular weight is 213 g/mol. The monoisotopic (exact) mass is 213 g/mol. The molecular weight excluding hydrogens is 202 g/mol. The summed E-state index contributed by atoms with van der Waals surface area (Å²) in [6, 6.07) is 1.88. The first-order valence-electron chi connectivity index (χ1n) is 5.05. The van der Waals surface area contributed by atoms with Gasteiger partial charge in [-0.1, -0.05) is 6.92 Å². The van der Waals surface area contributed by atoms with Gasteiger partial charge < -0.3 is 0 Å². The van der Waals surface area contributed by atoms with E-state index in [1.807, 2.05) is 12.3 Å². The first-order valence-corrected chi connectivity index (χ1v) is 5.05. The predicted octanol–water partition coefficient (Wildman–Crippen LogP) is 1.91. The molecule has 2 heterocycles. The Morgan fingerprint density at radius 1 is 1.25 bits per heavy atom. The molecule has 2 aromatic heterocycles. The number of aryl methyl sites for hydroxylation is 1. The minimum atomic E-state index is 0.482. The second-order valence-electron chi connectivity index (χ2n) is 3.34. The third-order valence-electron chi connectivity index (χ3n) is 2.33. The Morgan fingerprint density at radius 3 is 2.62 bits per heavy atom. The second-order valence-corrected chi connectivity index (χ2v) is 3.34. The van der Waals surface area contributed by atoms with Crippen LogP contribution in [-0.4, -0.2) is 21.2 Å². The number of hydrogen-bond acceptors (Lipinski definition) is 4. The molecule has 0 aliphatic heterocycles. The van der Waals surface area contributed by atoms with Crippen molar-refractivity contribution in [3.63, 3.8) is 0 Å². The summed E-state index contributed by atoms with van der Waals surface area (Å²) in [5, 5.41) is 0. The summed E-state index contributed by atoms with van der Waals surface area (Å²) in [6.45, 7) is 2.06. The van der Waals surface area contributed by atoms with Crippen molar-refractivity contribution in [2.75, 3.05) is 0 Å². The Morgan fingerprint density at radius 2 is 2.00 bits per heavy atom. The van der Waals surface area contributed by atoms with Gasteiger partial charge in [0.05, 0.1) is 5.56 Å². The van der Waals surface area contributed by atoms with Crippen LogP contribution in [0.25, 0.3) is 11.4 Å². The lowest BCUT2D eigenvalue weighted by molar-refractivity contribution is 0.112. The van der Waals surface area contributed by atoms with Gasteiger partial charge in [0.2, 0.25) is 0 Å². The third kappa shape index (κ3) is 1.95. The molecule has 0 spiro atoms. The molecule has 0 atom stereocenters. The standard InChI is InChI=1S/C12H11N3O/c1-2-10-7-13-4-3-11(10)12-14-5-9(8-16)6-15-12/h3-8H,2H2,1H3. The lowest BCUT2D eigenvalue weighted by atomic mass is 10.1. The van der Waals surface area contributed by atoms with Gasteiger partial charge in [-0.15, -0.1) is 0 Å². The zero-order valence-corrected chi connectivity index (χ0v) is 8.92. The molecule has 4 heteroatoms. The molecule has 0 N–H and O–H groups in total. The molecule has 0 unspecified atom stereocenters. The smallest absolute Gasteiger partial charge is 0.159 e. The van der Waals surface area contributed by atoms with Crippen molar-refractivity contribution in [2.45, 2.75) is 13.3 Å². The molecule has 0 bridgehead atoms. The minimum absolute atomic E-state index is 0.482. The van der Waals surface area contributed by atoms with Gasteiger partial charge in [0.15, 0.2) is 12.1 Å². The maximum absolute atomic E-state index is 10.5. The van der Waals surface area contributed by atoms with E-state index in [2.05, 4.69) is 21.9 Å². The van der Waals surface area contributed by atoms with E-state index in [1.54, 1.807) is 6.20 Å². The fraction of sp³-hybridized carbons (Fsp3) is 0.167. The number of aldehydes is 1. The van der Waals surface area contributed by atoms with Crippen molar-refractivity contribution < 1.29 is 4.79 Å². The molecule has 0 amide bonds. The molecule has 0 aromatic carbocycles. The van der Waals surface area contributed by atoms with E-state index >= 15 is 0 Å². The fourth-order valence-corrected chi connectivity index (χ4v) is 1.47. The molecule has 2 rings (SSSR count). The SMILES string of the molecule is CCc1cnccc1-c1ncc(C=O)cn1. The van der Waals surface area contributed by atoms with Gasteiger partial charge in [0.25, 0.3) is 0 Å². The highest BCUT2D eigenvalue weighted by molar-refractivity contribution is 5.74. The Balaban J connectivity index is 2.45. The van der Waals surface area contributed by atoms with E-state index in [9.17, 15) is 4.79 Å². The number of carbonyl (C=O) groups excluding carboxylic acids is 1. The molecule has 0 saturated heterocycles. The lowest BCUT2D eigenvalue weighted by Crippen LogP contribution is -1.95. The molecule has 0 aliphatic carbocycles. The summed E-state index contributed by atoms with van der Waals surface area (Å²) < 4.78 is 0. The summed E-state index contributed by atoms with van der Waals surface area (Å²) in [5.74, 6) is 0.629. The van der Waals surface area contributed by atoms with Gasteiger partial charge in [-0.3, -0.25) is 9.78 Å². The molecule has 0 saturated carbocycles. The normalized spacial score (nSPS) is 10.1. The molecule has 2 aromatic rings. The Kier molecular flexibility index (Phi) is 3.00. The van der Waals surface area contributed by atoms with Crippen LogP contribution >= 0.6 is 0 Å². The van der Waals surface area contributed by atoms with E-state index in [0.717, 1.165) is 23.8 Å². The van der Waals surface area contributed by atoms with Crippen molar-refractivity contribution in [3.05, 3.63) is 42.0 Å². The topological polar surface area (TPSA) is 55.7 Å². The predicted molar refractivity (Wildman–Crippen MR) is 60.0 cm³/mol. The van der Waals surface area contributed by atoms with Crippen LogP contribution in [0.3, 0.4) is 0 Å². The van der Waals surface area contributed by atoms with E-state index in [1.165, 1.54) is 12.4 Å². The first-order chi connectivity index (χ1) is 7.85. The molecular formula is C12H11N3O. The van der Waals surface area contributed by atoms with Gasteiger partial charge in [-0.05, 0) is 18.1 Å². The molecule has 4 nitrogen and oxygen atoms in total. The largest absolute Gasteiger partial charge is 0.298 e. The fourth-order valence-electron chi connectivity index (χ4n) is 1.47. The first kappa shape index (κ1) is 10.4. The molecule has 16 heavy (non-hydrogen) atoms. The van der Waals surface area contributed by atoms with Crippen molar-refractivity contribution >= 4 is 6.29 Å². The lowest BCUT2D eigenvalue weighted by Gasteiger charge is -2.04. The van der Waals surface area contributed by atoms with Crippen LogP contribution in [0, 0.1) is 0 Å². The summed E-state index contributed by atoms with van der Waals surface area (Å²) in [4.78, 5) is 22.9. The quantitative estimate of drug-likeness (QED) is 0.731. The Labute approximate surface area is 93.4 Å². The number of nitrogens with zero attached hydrogens (tertiary/aromatic N) is 3. The Hall–Kier alpha value is -2.10. The number of pyridine rings is 1. The summed E-state index contributed by atoms with van der Waals surface area (Å²) in [7, 11) is 0. The number of carbonyl (C=O) groups is 1. The molecule has 0 aliphatic rings. The van der Waals surface area contributed by atoms with Gasteiger partial charge in [-0.25, -0.2) is 9.97 Å². The summed E-state index contributed by atoms with van der Waals surface area (Å²) in [6.07, 6.45) is 8.18. The van der Waals surface area contributed by atoms with Crippen LogP contribution in [0.2, 0.25) is 0 Å². The van der Waals surface area contributed by atoms with Crippen molar-refractivity contribution in [3.8, 4) is 11.4 Å². The van der Waals surface area contributed by atoms with Crippen LogP contribution in [0.4, 0.5) is 0 Å². The Bertz CT molecular complexity index is 494. The van der Waals surface area contributed by atoms with Gasteiger partial charge in [-0.2, -0.15) is 0 Å². The van der Waals surface area contributed by atoms with Crippen LogP contribution in [-0.2, 0) is 6.42 Å². The minimum Gasteiger partial charge on any atom is -0.298 e. The highest BCUT2D eigenvalue weighted by atomic mass is 16.1. The number of aromatic nitrogens is 3. The maximum Gasteiger partial charge on any atom is 0.159 e. The third-order valence-corrected chi connectivity index (χ3v) is 2.33. The van der Waals surface area contributed by atoms with Gasteiger partial charge in [0.1, 0.15) is 0 Å². The van der Waals surface area contributed by atoms with Crippen LogP contribution in [0.1, 0.15) is 22.8 Å². The van der Waals surface area contributed by atoms with Crippen molar-refractivity contribution in [1.29, 1.82) is 0 Å². The molecule has 0 radical (unpaired) electrons. The van der Waals surface area contributed by atoms with Crippen LogP contribution in [0.15, 0.2) is 30.9 Å². The maximum atomic E-state index is 10.5. The zero-order valence-electron chi connectivity index (χ0n) is 8.92. The van der Waals surface area contributed by atoms with E-state index in [0.29, 0.717) is 11.4 Å². The van der Waals surface area contributed by atoms with Crippen molar-refractivity contribution in [1.82, 2.24) is 15.0 Å². The van der Waals surface area contributed by atoms with Gasteiger partial charge >= 0.3 is 0 Å². The van der Waals surface area contributed by atoms with Gasteiger partial charge in [0, 0.05) is 30.4 Å². The van der Waals surface area contributed by atoms with Crippen molar-refractivity contribution in [2.24, 2.45) is 0 Å². The molecule has 0 fully saturated rings.